The first-order chi connectivity index (χ1) is 7.03. The molecule has 1 aromatic carbocycles. The molecule has 0 unspecified atom stereocenters. The molecule has 0 radical (unpaired) electrons. The van der Waals surface area contributed by atoms with Gasteiger partial charge in [-0.15, -0.1) is 0 Å². The molecule has 15 heavy (non-hydrogen) atoms. The van der Waals surface area contributed by atoms with Crippen LogP contribution in [0.25, 0.3) is 0 Å². The van der Waals surface area contributed by atoms with E-state index in [2.05, 4.69) is 45.9 Å². The summed E-state index contributed by atoms with van der Waals surface area (Å²) in [4.78, 5) is 4.83. The zero-order valence-electron chi connectivity index (χ0n) is 10.1. The molecule has 1 heteroatoms. The molecule has 1 aromatic rings. The lowest BCUT2D eigenvalue weighted by Crippen LogP contribution is -2.29. The molecule has 0 bridgehead atoms. The van der Waals surface area contributed by atoms with E-state index in [4.69, 9.17) is 4.99 Å². The average Bonchev–Trinajstić information content (AvgIpc) is 2.17. The number of fused-ring (bicyclic) bond motifs is 1. The SMILES string of the molecule is CCC1=NC(C)(C)Cc2c(C)cccc21. The van der Waals surface area contributed by atoms with Crippen LogP contribution in [0.15, 0.2) is 23.2 Å². The third-order valence-corrected chi connectivity index (χ3v) is 3.10. The molecule has 0 spiro atoms. The van der Waals surface area contributed by atoms with Crippen molar-refractivity contribution in [2.45, 2.75) is 46.1 Å². The summed E-state index contributed by atoms with van der Waals surface area (Å²) in [6.45, 7) is 8.83. The van der Waals surface area contributed by atoms with Gasteiger partial charge >= 0.3 is 0 Å². The van der Waals surface area contributed by atoms with Crippen LogP contribution in [0, 0.1) is 6.92 Å². The van der Waals surface area contributed by atoms with Crippen LogP contribution in [0.4, 0.5) is 0 Å². The fourth-order valence-electron chi connectivity index (χ4n) is 2.37. The quantitative estimate of drug-likeness (QED) is 0.659. The first-order valence-electron chi connectivity index (χ1n) is 5.71. The number of hydrogen-bond acceptors (Lipinski definition) is 1. The van der Waals surface area contributed by atoms with Gasteiger partial charge in [-0.25, -0.2) is 0 Å². The van der Waals surface area contributed by atoms with Gasteiger partial charge in [0.25, 0.3) is 0 Å². The van der Waals surface area contributed by atoms with Crippen LogP contribution in [0.2, 0.25) is 0 Å². The van der Waals surface area contributed by atoms with Crippen LogP contribution in [-0.2, 0) is 6.42 Å². The number of hydrogen-bond donors (Lipinski definition) is 0. The highest BCUT2D eigenvalue weighted by atomic mass is 14.9. The average molecular weight is 201 g/mol. The van der Waals surface area contributed by atoms with Crippen LogP contribution in [0.5, 0.6) is 0 Å². The summed E-state index contributed by atoms with van der Waals surface area (Å²) in [5, 5.41) is 0. The molecule has 1 heterocycles. The summed E-state index contributed by atoms with van der Waals surface area (Å²) in [6, 6.07) is 6.55. The van der Waals surface area contributed by atoms with Crippen molar-refractivity contribution in [3.8, 4) is 0 Å². The Morgan fingerprint density at radius 3 is 2.73 bits per heavy atom. The molecular weight excluding hydrogens is 182 g/mol. The summed E-state index contributed by atoms with van der Waals surface area (Å²) < 4.78 is 0. The van der Waals surface area contributed by atoms with E-state index in [1.807, 2.05) is 0 Å². The molecule has 1 nitrogen and oxygen atoms in total. The Balaban J connectivity index is 2.60. The molecule has 80 valence electrons. The van der Waals surface area contributed by atoms with E-state index in [-0.39, 0.29) is 5.54 Å². The van der Waals surface area contributed by atoms with Crippen LogP contribution < -0.4 is 0 Å². The molecule has 0 aliphatic carbocycles. The first-order valence-corrected chi connectivity index (χ1v) is 5.71. The van der Waals surface area contributed by atoms with Gasteiger partial charge in [0.1, 0.15) is 0 Å². The summed E-state index contributed by atoms with van der Waals surface area (Å²) >= 11 is 0. The highest BCUT2D eigenvalue weighted by molar-refractivity contribution is 6.03. The molecule has 0 fully saturated rings. The zero-order chi connectivity index (χ0) is 11.1. The van der Waals surface area contributed by atoms with E-state index >= 15 is 0 Å². The van der Waals surface area contributed by atoms with E-state index in [1.165, 1.54) is 22.4 Å². The van der Waals surface area contributed by atoms with Gasteiger partial charge in [-0.1, -0.05) is 25.1 Å². The van der Waals surface area contributed by atoms with Crippen LogP contribution in [-0.4, -0.2) is 11.3 Å². The van der Waals surface area contributed by atoms with E-state index in [0.29, 0.717) is 0 Å². The summed E-state index contributed by atoms with van der Waals surface area (Å²) in [7, 11) is 0. The number of rotatable bonds is 1. The van der Waals surface area contributed by atoms with E-state index in [9.17, 15) is 0 Å². The third-order valence-electron chi connectivity index (χ3n) is 3.10. The van der Waals surface area contributed by atoms with E-state index in [1.54, 1.807) is 0 Å². The van der Waals surface area contributed by atoms with Crippen molar-refractivity contribution in [2.75, 3.05) is 0 Å². The Labute approximate surface area is 92.2 Å². The molecule has 0 atom stereocenters. The van der Waals surface area contributed by atoms with Crippen molar-refractivity contribution < 1.29 is 0 Å². The van der Waals surface area contributed by atoms with Crippen molar-refractivity contribution in [3.05, 3.63) is 34.9 Å². The summed E-state index contributed by atoms with van der Waals surface area (Å²) in [5.41, 5.74) is 5.61. The summed E-state index contributed by atoms with van der Waals surface area (Å²) in [6.07, 6.45) is 2.10. The highest BCUT2D eigenvalue weighted by Crippen LogP contribution is 2.29. The molecule has 2 rings (SSSR count). The first kappa shape index (κ1) is 10.4. The number of benzene rings is 1. The highest BCUT2D eigenvalue weighted by Gasteiger charge is 2.26. The van der Waals surface area contributed by atoms with Gasteiger partial charge in [0.2, 0.25) is 0 Å². The van der Waals surface area contributed by atoms with Gasteiger partial charge in [0, 0.05) is 5.71 Å². The minimum atomic E-state index is 0.0739. The second-order valence-electron chi connectivity index (χ2n) is 5.00. The smallest absolute Gasteiger partial charge is 0.0596 e. The van der Waals surface area contributed by atoms with Crippen molar-refractivity contribution in [3.63, 3.8) is 0 Å². The van der Waals surface area contributed by atoms with Crippen molar-refractivity contribution in [1.29, 1.82) is 0 Å². The molecule has 1 aliphatic rings. The predicted octanol–water partition coefficient (Wildman–Crippen LogP) is 3.53. The van der Waals surface area contributed by atoms with Gasteiger partial charge in [0.05, 0.1) is 5.54 Å². The minimum Gasteiger partial charge on any atom is -0.283 e. The number of aliphatic imine (C=N–C) groups is 1. The Hall–Kier alpha value is -1.11. The standard InChI is InChI=1S/C14H19N/c1-5-13-11-8-6-7-10(2)12(11)9-14(3,4)15-13/h6-8H,5,9H2,1-4H3. The van der Waals surface area contributed by atoms with Gasteiger partial charge in [-0.3, -0.25) is 4.99 Å². The van der Waals surface area contributed by atoms with Gasteiger partial charge in [-0.2, -0.15) is 0 Å². The normalized spacial score (nSPS) is 18.3. The monoisotopic (exact) mass is 201 g/mol. The topological polar surface area (TPSA) is 12.4 Å². The molecule has 0 saturated heterocycles. The Kier molecular flexibility index (Phi) is 2.41. The molecule has 0 amide bonds. The van der Waals surface area contributed by atoms with Crippen LogP contribution in [0.3, 0.4) is 0 Å². The Morgan fingerprint density at radius 2 is 2.07 bits per heavy atom. The molecule has 1 aliphatic heterocycles. The second kappa shape index (κ2) is 3.48. The van der Waals surface area contributed by atoms with Crippen molar-refractivity contribution in [2.24, 2.45) is 4.99 Å². The van der Waals surface area contributed by atoms with E-state index < -0.39 is 0 Å². The van der Waals surface area contributed by atoms with Gasteiger partial charge in [0.15, 0.2) is 0 Å². The van der Waals surface area contributed by atoms with E-state index in [0.717, 1.165) is 12.8 Å². The predicted molar refractivity (Wildman–Crippen MR) is 65.8 cm³/mol. The fraction of sp³-hybridized carbons (Fsp3) is 0.500. The van der Waals surface area contributed by atoms with Crippen LogP contribution >= 0.6 is 0 Å². The molecule has 0 saturated carbocycles. The van der Waals surface area contributed by atoms with Crippen molar-refractivity contribution >= 4 is 5.71 Å². The fourth-order valence-corrected chi connectivity index (χ4v) is 2.37. The number of nitrogens with zero attached hydrogens (tertiary/aromatic N) is 1. The lowest BCUT2D eigenvalue weighted by atomic mass is 9.84. The summed E-state index contributed by atoms with van der Waals surface area (Å²) in [5.74, 6) is 0. The number of aryl methyl sites for hydroxylation is 1. The zero-order valence-corrected chi connectivity index (χ0v) is 10.1. The van der Waals surface area contributed by atoms with Gasteiger partial charge < -0.3 is 0 Å². The van der Waals surface area contributed by atoms with Crippen LogP contribution in [0.1, 0.15) is 43.9 Å². The lowest BCUT2D eigenvalue weighted by Gasteiger charge is -2.30. The lowest BCUT2D eigenvalue weighted by molar-refractivity contribution is 0.510. The third kappa shape index (κ3) is 1.83. The maximum atomic E-state index is 4.83. The second-order valence-corrected chi connectivity index (χ2v) is 5.00. The maximum Gasteiger partial charge on any atom is 0.0596 e. The maximum absolute atomic E-state index is 4.83. The molecule has 0 aromatic heterocycles. The minimum absolute atomic E-state index is 0.0739. The molecular formula is C14H19N. The van der Waals surface area contributed by atoms with Gasteiger partial charge in [-0.05, 0) is 50.3 Å². The van der Waals surface area contributed by atoms with Crippen molar-refractivity contribution in [1.82, 2.24) is 0 Å². The Morgan fingerprint density at radius 1 is 1.33 bits per heavy atom. The Bertz CT molecular complexity index is 413. The largest absolute Gasteiger partial charge is 0.283 e. The molecule has 0 N–H and O–H groups in total.